The van der Waals surface area contributed by atoms with Crippen LogP contribution in [0.4, 0.5) is 0 Å². The fourth-order valence-corrected chi connectivity index (χ4v) is 4.28. The standard InChI is InChI=1S/C28H28N2O5/c1-17(2)19-7-9-20(10-8-19)25-24(26(31)21-11-12-22(34-3)23(14-21)35-4)27(32)28(33)30(25)16-18-6-5-13-29-15-18/h5-15,17,25,31H,16H2,1-4H3/t25-/m1/s1. The molecule has 7 heteroatoms. The third kappa shape index (κ3) is 4.62. The zero-order chi connectivity index (χ0) is 25.1. The highest BCUT2D eigenvalue weighted by Crippen LogP contribution is 2.41. The Morgan fingerprint density at radius 1 is 1.03 bits per heavy atom. The van der Waals surface area contributed by atoms with Crippen molar-refractivity contribution >= 4 is 17.4 Å². The van der Waals surface area contributed by atoms with Gasteiger partial charge < -0.3 is 19.5 Å². The van der Waals surface area contributed by atoms with E-state index in [9.17, 15) is 14.7 Å². The number of likely N-dealkylation sites (tertiary alicyclic amines) is 1. The van der Waals surface area contributed by atoms with E-state index in [-0.39, 0.29) is 17.9 Å². The normalized spacial score (nSPS) is 17.2. The molecule has 1 aliphatic rings. The second kappa shape index (κ2) is 10.0. The molecule has 1 aromatic heterocycles. The number of methoxy groups -OCH3 is 2. The first-order chi connectivity index (χ1) is 16.8. The van der Waals surface area contributed by atoms with Crippen molar-refractivity contribution < 1.29 is 24.2 Å². The smallest absolute Gasteiger partial charge is 0.295 e. The van der Waals surface area contributed by atoms with E-state index in [4.69, 9.17) is 9.47 Å². The molecule has 0 unspecified atom stereocenters. The number of carbonyl (C=O) groups is 2. The Morgan fingerprint density at radius 3 is 2.34 bits per heavy atom. The van der Waals surface area contributed by atoms with E-state index in [1.807, 2.05) is 30.3 Å². The minimum absolute atomic E-state index is 0.0309. The molecule has 35 heavy (non-hydrogen) atoms. The highest BCUT2D eigenvalue weighted by Gasteiger charge is 2.46. The molecule has 1 aliphatic heterocycles. The van der Waals surface area contributed by atoms with Gasteiger partial charge in [-0.1, -0.05) is 44.2 Å². The third-order valence-corrected chi connectivity index (χ3v) is 6.19. The van der Waals surface area contributed by atoms with E-state index in [1.165, 1.54) is 19.1 Å². The average Bonchev–Trinajstić information content (AvgIpc) is 3.13. The SMILES string of the molecule is COc1ccc(C(O)=C2C(=O)C(=O)N(Cc3cccnc3)[C@@H]2c2ccc(C(C)C)cc2)cc1OC. The summed E-state index contributed by atoms with van der Waals surface area (Å²) in [6.07, 6.45) is 3.31. The number of carbonyl (C=O) groups excluding carboxylic acids is 2. The molecule has 0 spiro atoms. The monoisotopic (exact) mass is 472 g/mol. The number of Topliss-reactive ketones (excluding diaryl/α,β-unsaturated/α-hetero) is 1. The molecule has 4 rings (SSSR count). The Bertz CT molecular complexity index is 1270. The number of aromatic nitrogens is 1. The summed E-state index contributed by atoms with van der Waals surface area (Å²) in [5.74, 6) is -0.456. The van der Waals surface area contributed by atoms with Crippen LogP contribution in [0.3, 0.4) is 0 Å². The number of hydrogen-bond acceptors (Lipinski definition) is 6. The van der Waals surface area contributed by atoms with Crippen molar-refractivity contribution in [2.45, 2.75) is 32.4 Å². The van der Waals surface area contributed by atoms with Gasteiger partial charge in [-0.3, -0.25) is 14.6 Å². The van der Waals surface area contributed by atoms with Gasteiger partial charge in [0.1, 0.15) is 5.76 Å². The predicted octanol–water partition coefficient (Wildman–Crippen LogP) is 4.84. The maximum Gasteiger partial charge on any atom is 0.295 e. The predicted molar refractivity (Wildman–Crippen MR) is 132 cm³/mol. The van der Waals surface area contributed by atoms with Gasteiger partial charge in [0, 0.05) is 24.5 Å². The van der Waals surface area contributed by atoms with Gasteiger partial charge in [-0.25, -0.2) is 0 Å². The third-order valence-electron chi connectivity index (χ3n) is 6.19. The van der Waals surface area contributed by atoms with Crippen molar-refractivity contribution in [2.24, 2.45) is 0 Å². The Balaban J connectivity index is 1.86. The first kappa shape index (κ1) is 24.0. The zero-order valence-electron chi connectivity index (χ0n) is 20.2. The quantitative estimate of drug-likeness (QED) is 0.301. The molecule has 2 aromatic carbocycles. The van der Waals surface area contributed by atoms with E-state index in [2.05, 4.69) is 18.8 Å². The molecule has 1 atom stereocenters. The molecule has 7 nitrogen and oxygen atoms in total. The van der Waals surface area contributed by atoms with Gasteiger partial charge >= 0.3 is 0 Å². The molecular weight excluding hydrogens is 444 g/mol. The second-order valence-electron chi connectivity index (χ2n) is 8.68. The molecule has 0 aliphatic carbocycles. The summed E-state index contributed by atoms with van der Waals surface area (Å²) < 4.78 is 10.6. The van der Waals surface area contributed by atoms with Crippen molar-refractivity contribution in [1.82, 2.24) is 9.88 Å². The van der Waals surface area contributed by atoms with Crippen LogP contribution in [0.1, 0.15) is 48.1 Å². The Morgan fingerprint density at radius 2 is 1.74 bits per heavy atom. The van der Waals surface area contributed by atoms with Gasteiger partial charge in [0.25, 0.3) is 11.7 Å². The molecule has 1 saturated heterocycles. The minimum Gasteiger partial charge on any atom is -0.507 e. The minimum atomic E-state index is -0.760. The second-order valence-corrected chi connectivity index (χ2v) is 8.68. The summed E-state index contributed by atoms with van der Waals surface area (Å²) in [6, 6.07) is 15.5. The number of nitrogens with zero attached hydrogens (tertiary/aromatic N) is 2. The number of aliphatic hydroxyl groups is 1. The van der Waals surface area contributed by atoms with Gasteiger partial charge in [0.2, 0.25) is 0 Å². The molecule has 1 N–H and O–H groups in total. The van der Waals surface area contributed by atoms with Crippen molar-refractivity contribution in [3.8, 4) is 11.5 Å². The van der Waals surface area contributed by atoms with Crippen LogP contribution in [-0.2, 0) is 16.1 Å². The van der Waals surface area contributed by atoms with Crippen LogP contribution in [0.25, 0.3) is 5.76 Å². The molecule has 0 saturated carbocycles. The Hall–Kier alpha value is -4.13. The van der Waals surface area contributed by atoms with Gasteiger partial charge in [-0.15, -0.1) is 0 Å². The number of aliphatic hydroxyl groups excluding tert-OH is 1. The van der Waals surface area contributed by atoms with Crippen molar-refractivity contribution in [3.63, 3.8) is 0 Å². The molecule has 0 bridgehead atoms. The first-order valence-electron chi connectivity index (χ1n) is 11.3. The number of hydrogen-bond donors (Lipinski definition) is 1. The van der Waals surface area contributed by atoms with E-state index in [0.29, 0.717) is 23.0 Å². The lowest BCUT2D eigenvalue weighted by Gasteiger charge is -2.25. The van der Waals surface area contributed by atoms with E-state index >= 15 is 0 Å². The van der Waals surface area contributed by atoms with Crippen LogP contribution in [0.5, 0.6) is 11.5 Å². The van der Waals surface area contributed by atoms with Crippen LogP contribution in [-0.4, -0.2) is 40.9 Å². The molecule has 2 heterocycles. The highest BCUT2D eigenvalue weighted by atomic mass is 16.5. The van der Waals surface area contributed by atoms with Gasteiger partial charge in [0.15, 0.2) is 11.5 Å². The Labute approximate surface area is 204 Å². The van der Waals surface area contributed by atoms with Crippen LogP contribution in [0.15, 0.2) is 72.6 Å². The van der Waals surface area contributed by atoms with Crippen LogP contribution < -0.4 is 9.47 Å². The number of pyridine rings is 1. The lowest BCUT2D eigenvalue weighted by molar-refractivity contribution is -0.140. The first-order valence-corrected chi connectivity index (χ1v) is 11.3. The topological polar surface area (TPSA) is 89.0 Å². The summed E-state index contributed by atoms with van der Waals surface area (Å²) in [6.45, 7) is 4.37. The number of ether oxygens (including phenoxy) is 2. The van der Waals surface area contributed by atoms with Crippen molar-refractivity contribution in [2.75, 3.05) is 14.2 Å². The largest absolute Gasteiger partial charge is 0.507 e. The lowest BCUT2D eigenvalue weighted by Crippen LogP contribution is -2.29. The van der Waals surface area contributed by atoms with Crippen LogP contribution >= 0.6 is 0 Å². The fourth-order valence-electron chi connectivity index (χ4n) is 4.28. The number of benzene rings is 2. The van der Waals surface area contributed by atoms with Crippen LogP contribution in [0, 0.1) is 0 Å². The van der Waals surface area contributed by atoms with E-state index < -0.39 is 17.7 Å². The molecule has 1 amide bonds. The van der Waals surface area contributed by atoms with E-state index in [0.717, 1.165) is 16.7 Å². The summed E-state index contributed by atoms with van der Waals surface area (Å²) in [5.41, 5.74) is 3.04. The molecule has 0 radical (unpaired) electrons. The number of ketones is 1. The summed E-state index contributed by atoms with van der Waals surface area (Å²) in [7, 11) is 3.01. The highest BCUT2D eigenvalue weighted by molar-refractivity contribution is 6.46. The van der Waals surface area contributed by atoms with Crippen molar-refractivity contribution in [1.29, 1.82) is 0 Å². The molecular formula is C28H28N2O5. The summed E-state index contributed by atoms with van der Waals surface area (Å²) in [4.78, 5) is 32.1. The summed E-state index contributed by atoms with van der Waals surface area (Å²) in [5, 5.41) is 11.3. The van der Waals surface area contributed by atoms with Gasteiger partial charge in [-0.05, 0) is 46.9 Å². The van der Waals surface area contributed by atoms with Crippen LogP contribution in [0.2, 0.25) is 0 Å². The summed E-state index contributed by atoms with van der Waals surface area (Å²) >= 11 is 0. The van der Waals surface area contributed by atoms with Gasteiger partial charge in [0.05, 0.1) is 25.8 Å². The van der Waals surface area contributed by atoms with Gasteiger partial charge in [-0.2, -0.15) is 0 Å². The zero-order valence-corrected chi connectivity index (χ0v) is 20.2. The van der Waals surface area contributed by atoms with E-state index in [1.54, 1.807) is 36.7 Å². The van der Waals surface area contributed by atoms with Crippen molar-refractivity contribution in [3.05, 3.63) is 94.8 Å². The Kier molecular flexibility index (Phi) is 6.87. The number of amides is 1. The average molecular weight is 473 g/mol. The molecule has 1 fully saturated rings. The fraction of sp³-hybridized carbons (Fsp3) is 0.250. The molecule has 180 valence electrons. The number of rotatable bonds is 7. The maximum absolute atomic E-state index is 13.3. The lowest BCUT2D eigenvalue weighted by atomic mass is 9.93. The molecule has 3 aromatic rings. The maximum atomic E-state index is 13.3.